The van der Waals surface area contributed by atoms with Gasteiger partial charge in [0.15, 0.2) is 0 Å². The molecule has 2 aromatic carbocycles. The Kier molecular flexibility index (Phi) is 4.88. The lowest BCUT2D eigenvalue weighted by Gasteiger charge is -2.25. The van der Waals surface area contributed by atoms with E-state index in [1.54, 1.807) is 6.07 Å². The first-order chi connectivity index (χ1) is 11.2. The first-order valence-corrected chi connectivity index (χ1v) is 7.65. The number of rotatable bonds is 6. The molecule has 0 atom stereocenters. The molecule has 5 heteroatoms. The van der Waals surface area contributed by atoms with Crippen molar-refractivity contribution in [1.29, 1.82) is 0 Å². The minimum Gasteiger partial charge on any atom is -0.489 e. The first kappa shape index (κ1) is 15.5. The lowest BCUT2D eigenvalue weighted by Crippen LogP contribution is -2.50. The van der Waals surface area contributed by atoms with E-state index in [1.807, 2.05) is 30.3 Å². The standard InChI is InChI=1S/C18H19FN2O2/c19-16-3-1-2-14(8-16)12-23-17-6-4-13(5-7-17)9-21-18(22)15-10-20-11-15/h1-8,15,20H,9-12H2,(H,21,22). The van der Waals surface area contributed by atoms with E-state index in [1.165, 1.54) is 12.1 Å². The summed E-state index contributed by atoms with van der Waals surface area (Å²) in [6.07, 6.45) is 0. The summed E-state index contributed by atoms with van der Waals surface area (Å²) < 4.78 is 18.7. The molecule has 0 unspecified atom stereocenters. The van der Waals surface area contributed by atoms with Gasteiger partial charge in [-0.05, 0) is 35.4 Å². The summed E-state index contributed by atoms with van der Waals surface area (Å²) in [7, 11) is 0. The van der Waals surface area contributed by atoms with E-state index in [0.717, 1.165) is 24.2 Å². The molecule has 0 spiro atoms. The predicted molar refractivity (Wildman–Crippen MR) is 85.4 cm³/mol. The Labute approximate surface area is 134 Å². The number of halogens is 1. The van der Waals surface area contributed by atoms with Crippen LogP contribution in [0.15, 0.2) is 48.5 Å². The minimum absolute atomic E-state index is 0.0928. The van der Waals surface area contributed by atoms with Crippen LogP contribution in [-0.4, -0.2) is 19.0 Å². The molecule has 4 nitrogen and oxygen atoms in total. The predicted octanol–water partition coefficient (Wildman–Crippen LogP) is 2.24. The van der Waals surface area contributed by atoms with Gasteiger partial charge in [0.1, 0.15) is 18.2 Å². The van der Waals surface area contributed by atoms with Crippen LogP contribution in [0.3, 0.4) is 0 Å². The van der Waals surface area contributed by atoms with Crippen LogP contribution in [0.2, 0.25) is 0 Å². The Morgan fingerprint density at radius 3 is 2.61 bits per heavy atom. The van der Waals surface area contributed by atoms with Crippen LogP contribution in [0, 0.1) is 11.7 Å². The fraction of sp³-hybridized carbons (Fsp3) is 0.278. The van der Waals surface area contributed by atoms with E-state index in [2.05, 4.69) is 10.6 Å². The molecule has 1 fully saturated rings. The number of hydrogen-bond donors (Lipinski definition) is 2. The van der Waals surface area contributed by atoms with Crippen LogP contribution >= 0.6 is 0 Å². The maximum Gasteiger partial charge on any atom is 0.225 e. The molecule has 0 bridgehead atoms. The molecule has 3 rings (SSSR count). The van der Waals surface area contributed by atoms with E-state index in [9.17, 15) is 9.18 Å². The molecular formula is C18H19FN2O2. The van der Waals surface area contributed by atoms with Gasteiger partial charge in [-0.1, -0.05) is 24.3 Å². The zero-order chi connectivity index (χ0) is 16.1. The molecule has 0 aliphatic carbocycles. The van der Waals surface area contributed by atoms with Crippen molar-refractivity contribution in [2.75, 3.05) is 13.1 Å². The third-order valence-corrected chi connectivity index (χ3v) is 3.84. The Balaban J connectivity index is 1.47. The zero-order valence-corrected chi connectivity index (χ0v) is 12.7. The van der Waals surface area contributed by atoms with Gasteiger partial charge in [-0.2, -0.15) is 0 Å². The lowest BCUT2D eigenvalue weighted by molar-refractivity contribution is -0.126. The lowest BCUT2D eigenvalue weighted by atomic mass is 10.0. The average molecular weight is 314 g/mol. The average Bonchev–Trinajstić information content (AvgIpc) is 2.50. The van der Waals surface area contributed by atoms with Crippen molar-refractivity contribution < 1.29 is 13.9 Å². The van der Waals surface area contributed by atoms with Crippen LogP contribution in [0.5, 0.6) is 5.75 Å². The second kappa shape index (κ2) is 7.24. The van der Waals surface area contributed by atoms with Crippen LogP contribution in [0.1, 0.15) is 11.1 Å². The molecule has 0 aromatic heterocycles. The topological polar surface area (TPSA) is 50.4 Å². The molecule has 0 saturated carbocycles. The highest BCUT2D eigenvalue weighted by molar-refractivity contribution is 5.79. The van der Waals surface area contributed by atoms with Gasteiger partial charge in [0.2, 0.25) is 5.91 Å². The van der Waals surface area contributed by atoms with Crippen LogP contribution in [0.4, 0.5) is 4.39 Å². The third kappa shape index (κ3) is 4.29. The van der Waals surface area contributed by atoms with Crippen molar-refractivity contribution in [1.82, 2.24) is 10.6 Å². The third-order valence-electron chi connectivity index (χ3n) is 3.84. The largest absolute Gasteiger partial charge is 0.489 e. The van der Waals surface area contributed by atoms with Gasteiger partial charge >= 0.3 is 0 Å². The molecule has 2 aromatic rings. The number of carbonyl (C=O) groups is 1. The van der Waals surface area contributed by atoms with E-state index >= 15 is 0 Å². The summed E-state index contributed by atoms with van der Waals surface area (Å²) in [4.78, 5) is 11.7. The summed E-state index contributed by atoms with van der Waals surface area (Å²) in [5.74, 6) is 0.644. The van der Waals surface area contributed by atoms with Crippen LogP contribution in [-0.2, 0) is 17.9 Å². The number of amides is 1. The van der Waals surface area contributed by atoms with Crippen molar-refractivity contribution in [2.24, 2.45) is 5.92 Å². The molecular weight excluding hydrogens is 295 g/mol. The van der Waals surface area contributed by atoms with Crippen LogP contribution < -0.4 is 15.4 Å². The summed E-state index contributed by atoms with van der Waals surface area (Å²) in [5, 5.41) is 6.00. The Bertz CT molecular complexity index is 669. The fourth-order valence-corrected chi connectivity index (χ4v) is 2.30. The quantitative estimate of drug-likeness (QED) is 0.860. The van der Waals surface area contributed by atoms with Crippen molar-refractivity contribution in [3.63, 3.8) is 0 Å². The Hall–Kier alpha value is -2.40. The number of benzene rings is 2. The molecule has 23 heavy (non-hydrogen) atoms. The van der Waals surface area contributed by atoms with Gasteiger partial charge in [0.05, 0.1) is 5.92 Å². The molecule has 1 aliphatic heterocycles. The van der Waals surface area contributed by atoms with Gasteiger partial charge in [-0.3, -0.25) is 4.79 Å². The second-order valence-electron chi connectivity index (χ2n) is 5.64. The zero-order valence-electron chi connectivity index (χ0n) is 12.7. The van der Waals surface area contributed by atoms with E-state index < -0.39 is 0 Å². The smallest absolute Gasteiger partial charge is 0.225 e. The fourth-order valence-electron chi connectivity index (χ4n) is 2.30. The number of nitrogens with one attached hydrogen (secondary N) is 2. The molecule has 2 N–H and O–H groups in total. The monoisotopic (exact) mass is 314 g/mol. The maximum atomic E-state index is 13.1. The minimum atomic E-state index is -0.265. The molecule has 0 radical (unpaired) electrons. The number of hydrogen-bond acceptors (Lipinski definition) is 3. The van der Waals surface area contributed by atoms with Crippen molar-refractivity contribution in [3.8, 4) is 5.75 Å². The SMILES string of the molecule is O=C(NCc1ccc(OCc2cccc(F)c2)cc1)C1CNC1. The Morgan fingerprint density at radius 2 is 1.96 bits per heavy atom. The molecule has 1 heterocycles. The van der Waals surface area contributed by atoms with Crippen LogP contribution in [0.25, 0.3) is 0 Å². The van der Waals surface area contributed by atoms with Crippen molar-refractivity contribution in [2.45, 2.75) is 13.2 Å². The van der Waals surface area contributed by atoms with E-state index in [-0.39, 0.29) is 17.6 Å². The second-order valence-corrected chi connectivity index (χ2v) is 5.64. The normalized spacial score (nSPS) is 14.1. The highest BCUT2D eigenvalue weighted by Gasteiger charge is 2.24. The van der Waals surface area contributed by atoms with Gasteiger partial charge < -0.3 is 15.4 Å². The number of ether oxygens (including phenoxy) is 1. The highest BCUT2D eigenvalue weighted by atomic mass is 19.1. The summed E-state index contributed by atoms with van der Waals surface area (Å²) in [6.45, 7) is 2.36. The van der Waals surface area contributed by atoms with Crippen molar-refractivity contribution >= 4 is 5.91 Å². The van der Waals surface area contributed by atoms with Gasteiger partial charge in [0, 0.05) is 19.6 Å². The van der Waals surface area contributed by atoms with E-state index in [4.69, 9.17) is 4.74 Å². The molecule has 1 amide bonds. The maximum absolute atomic E-state index is 13.1. The molecule has 120 valence electrons. The van der Waals surface area contributed by atoms with Gasteiger partial charge in [-0.25, -0.2) is 4.39 Å². The number of carbonyl (C=O) groups excluding carboxylic acids is 1. The highest BCUT2D eigenvalue weighted by Crippen LogP contribution is 2.15. The first-order valence-electron chi connectivity index (χ1n) is 7.65. The summed E-state index contributed by atoms with van der Waals surface area (Å²) in [6, 6.07) is 13.9. The van der Waals surface area contributed by atoms with Gasteiger partial charge in [0.25, 0.3) is 0 Å². The summed E-state index contributed by atoms with van der Waals surface area (Å²) >= 11 is 0. The molecule has 1 saturated heterocycles. The van der Waals surface area contributed by atoms with Crippen molar-refractivity contribution in [3.05, 3.63) is 65.5 Å². The van der Waals surface area contributed by atoms with Gasteiger partial charge in [-0.15, -0.1) is 0 Å². The summed E-state index contributed by atoms with van der Waals surface area (Å²) in [5.41, 5.74) is 1.80. The Morgan fingerprint density at radius 1 is 1.17 bits per heavy atom. The molecule has 1 aliphatic rings. The van der Waals surface area contributed by atoms with E-state index in [0.29, 0.717) is 18.9 Å².